The van der Waals surface area contributed by atoms with Crippen LogP contribution in [0, 0.1) is 0 Å². The van der Waals surface area contributed by atoms with Crippen LogP contribution in [0.4, 0.5) is 32.0 Å². The van der Waals surface area contributed by atoms with Gasteiger partial charge in [0.25, 0.3) is 5.91 Å². The lowest BCUT2D eigenvalue weighted by molar-refractivity contribution is -0.153. The fourth-order valence-corrected chi connectivity index (χ4v) is 3.52. The second-order valence-corrected chi connectivity index (χ2v) is 7.99. The lowest BCUT2D eigenvalue weighted by Crippen LogP contribution is -2.42. The molecule has 9 nitrogen and oxygen atoms in total. The second-order valence-electron chi connectivity index (χ2n) is 7.99. The lowest BCUT2D eigenvalue weighted by Gasteiger charge is -2.26. The summed E-state index contributed by atoms with van der Waals surface area (Å²) < 4.78 is 88.6. The molecule has 1 saturated heterocycles. The summed E-state index contributed by atoms with van der Waals surface area (Å²) in [7, 11) is 0. The van der Waals surface area contributed by atoms with Crippen molar-refractivity contribution < 1.29 is 45.4 Å². The Kier molecular flexibility index (Phi) is 7.25. The van der Waals surface area contributed by atoms with Crippen molar-refractivity contribution in [3.63, 3.8) is 0 Å². The molecule has 1 aliphatic heterocycles. The predicted molar refractivity (Wildman–Crippen MR) is 116 cm³/mol. The zero-order valence-electron chi connectivity index (χ0n) is 18.9. The molecule has 4 rings (SSSR count). The van der Waals surface area contributed by atoms with E-state index >= 15 is 0 Å². The number of carbonyl (C=O) groups excluding carboxylic acids is 2. The molecule has 198 valence electrons. The third kappa shape index (κ3) is 6.67. The summed E-state index contributed by atoms with van der Waals surface area (Å²) in [6.45, 7) is -0.223. The molecule has 2 aromatic heterocycles. The number of anilines is 1. The van der Waals surface area contributed by atoms with E-state index in [0.717, 1.165) is 18.2 Å². The highest BCUT2D eigenvalue weighted by molar-refractivity contribution is 6.05. The first-order chi connectivity index (χ1) is 17.4. The minimum Gasteiger partial charge on any atom is -0.482 e. The number of rotatable bonds is 6. The van der Waals surface area contributed by atoms with Crippen LogP contribution in [0.2, 0.25) is 0 Å². The standard InChI is InChI=1S/C22H19F6N5O4/c23-21(24,25)12-37-17-9-15-13(10-33(31-15)11-19(34)32-4-6-36-7-5-32)8-16(17)30-20(35)14-2-1-3-18(29-14)22(26,27)28/h1-3,8-10H,4-7,11-12H2,(H,30,35). The number of nitrogens with zero attached hydrogens (tertiary/aromatic N) is 4. The Morgan fingerprint density at radius 2 is 1.81 bits per heavy atom. The summed E-state index contributed by atoms with van der Waals surface area (Å²) in [5.41, 5.74) is -2.00. The average molecular weight is 531 g/mol. The molecule has 2 amide bonds. The molecule has 1 N–H and O–H groups in total. The average Bonchev–Trinajstić information content (AvgIpc) is 3.23. The van der Waals surface area contributed by atoms with Crippen LogP contribution in [-0.4, -0.2) is 70.6 Å². The molecule has 0 atom stereocenters. The molecule has 37 heavy (non-hydrogen) atoms. The molecule has 0 saturated carbocycles. The monoisotopic (exact) mass is 531 g/mol. The van der Waals surface area contributed by atoms with Crippen molar-refractivity contribution in [1.29, 1.82) is 0 Å². The van der Waals surface area contributed by atoms with Crippen LogP contribution in [0.1, 0.15) is 16.2 Å². The molecular weight excluding hydrogens is 512 g/mol. The number of amides is 2. The number of aromatic nitrogens is 3. The van der Waals surface area contributed by atoms with E-state index in [1.165, 1.54) is 16.9 Å². The molecule has 0 unspecified atom stereocenters. The van der Waals surface area contributed by atoms with E-state index in [-0.39, 0.29) is 23.7 Å². The van der Waals surface area contributed by atoms with E-state index < -0.39 is 42.0 Å². The number of hydrogen-bond donors (Lipinski definition) is 1. The summed E-state index contributed by atoms with van der Waals surface area (Å²) in [6.07, 6.45) is -8.06. The van der Waals surface area contributed by atoms with E-state index in [9.17, 15) is 35.9 Å². The topological polar surface area (TPSA) is 98.6 Å². The van der Waals surface area contributed by atoms with Crippen LogP contribution in [0.25, 0.3) is 10.9 Å². The van der Waals surface area contributed by atoms with Crippen LogP contribution in [-0.2, 0) is 22.3 Å². The number of benzene rings is 1. The number of carbonyl (C=O) groups is 2. The first-order valence-electron chi connectivity index (χ1n) is 10.8. The van der Waals surface area contributed by atoms with Crippen molar-refractivity contribution >= 4 is 28.4 Å². The number of alkyl halides is 6. The van der Waals surface area contributed by atoms with Gasteiger partial charge >= 0.3 is 12.4 Å². The van der Waals surface area contributed by atoms with Crippen LogP contribution in [0.3, 0.4) is 0 Å². The van der Waals surface area contributed by atoms with Crippen molar-refractivity contribution in [1.82, 2.24) is 19.7 Å². The van der Waals surface area contributed by atoms with Crippen molar-refractivity contribution in [2.24, 2.45) is 0 Å². The molecule has 0 radical (unpaired) electrons. The van der Waals surface area contributed by atoms with E-state index in [4.69, 9.17) is 9.47 Å². The van der Waals surface area contributed by atoms with Gasteiger partial charge in [-0.15, -0.1) is 0 Å². The van der Waals surface area contributed by atoms with E-state index in [2.05, 4.69) is 15.4 Å². The smallest absolute Gasteiger partial charge is 0.433 e. The Hall–Kier alpha value is -3.88. The Morgan fingerprint density at radius 3 is 2.49 bits per heavy atom. The number of nitrogens with one attached hydrogen (secondary N) is 1. The summed E-state index contributed by atoms with van der Waals surface area (Å²) in [6, 6.07) is 5.05. The fourth-order valence-electron chi connectivity index (χ4n) is 3.52. The summed E-state index contributed by atoms with van der Waals surface area (Å²) in [5.74, 6) is -1.76. The molecule has 1 fully saturated rings. The second kappa shape index (κ2) is 10.2. The molecule has 1 aromatic carbocycles. The maximum Gasteiger partial charge on any atom is 0.433 e. The zero-order chi connectivity index (χ0) is 26.8. The minimum atomic E-state index is -4.80. The Bertz CT molecular complexity index is 1300. The maximum atomic E-state index is 13.0. The Balaban J connectivity index is 1.61. The first-order valence-corrected chi connectivity index (χ1v) is 10.8. The quantitative estimate of drug-likeness (QED) is 0.489. The molecule has 0 spiro atoms. The highest BCUT2D eigenvalue weighted by Crippen LogP contribution is 2.32. The maximum absolute atomic E-state index is 13.0. The van der Waals surface area contributed by atoms with E-state index in [1.807, 2.05) is 0 Å². The normalized spacial score (nSPS) is 14.6. The largest absolute Gasteiger partial charge is 0.482 e. The van der Waals surface area contributed by atoms with Crippen molar-refractivity contribution in [2.45, 2.75) is 18.9 Å². The summed E-state index contributed by atoms with van der Waals surface area (Å²) >= 11 is 0. The number of morpholine rings is 1. The van der Waals surface area contributed by atoms with E-state index in [1.54, 1.807) is 4.90 Å². The molecular formula is C22H19F6N5O4. The van der Waals surface area contributed by atoms with Gasteiger partial charge in [-0.2, -0.15) is 31.4 Å². The molecule has 15 heteroatoms. The van der Waals surface area contributed by atoms with Gasteiger partial charge in [0.05, 0.1) is 24.4 Å². The van der Waals surface area contributed by atoms with Crippen molar-refractivity contribution in [2.75, 3.05) is 38.2 Å². The minimum absolute atomic E-state index is 0.150. The van der Waals surface area contributed by atoms with Gasteiger partial charge in [0.15, 0.2) is 6.61 Å². The molecule has 0 aliphatic carbocycles. The molecule has 1 aliphatic rings. The van der Waals surface area contributed by atoms with Crippen LogP contribution in [0.5, 0.6) is 5.75 Å². The third-order valence-electron chi connectivity index (χ3n) is 5.23. The van der Waals surface area contributed by atoms with Crippen LogP contribution >= 0.6 is 0 Å². The van der Waals surface area contributed by atoms with Gasteiger partial charge in [-0.25, -0.2) is 4.98 Å². The van der Waals surface area contributed by atoms with Gasteiger partial charge in [-0.05, 0) is 18.2 Å². The molecule has 3 heterocycles. The summed E-state index contributed by atoms with van der Waals surface area (Å²) in [4.78, 5) is 30.0. The highest BCUT2D eigenvalue weighted by atomic mass is 19.4. The van der Waals surface area contributed by atoms with Gasteiger partial charge in [0.2, 0.25) is 5.91 Å². The lowest BCUT2D eigenvalue weighted by atomic mass is 10.2. The van der Waals surface area contributed by atoms with Gasteiger partial charge in [-0.3, -0.25) is 14.3 Å². The Labute approximate surface area is 204 Å². The highest BCUT2D eigenvalue weighted by Gasteiger charge is 2.33. The van der Waals surface area contributed by atoms with Crippen molar-refractivity contribution in [3.8, 4) is 5.75 Å². The van der Waals surface area contributed by atoms with Gasteiger partial charge in [0, 0.05) is 30.7 Å². The summed E-state index contributed by atoms with van der Waals surface area (Å²) in [5, 5.41) is 6.78. The number of fused-ring (bicyclic) bond motifs is 1. The SMILES string of the molecule is O=C(Nc1cc2cn(CC(=O)N3CCOCC3)nc2cc1OCC(F)(F)F)c1cccc(C(F)(F)F)n1. The van der Waals surface area contributed by atoms with Crippen LogP contribution < -0.4 is 10.1 Å². The number of pyridine rings is 1. The molecule has 0 bridgehead atoms. The van der Waals surface area contributed by atoms with Gasteiger partial charge < -0.3 is 19.7 Å². The van der Waals surface area contributed by atoms with Crippen LogP contribution in [0.15, 0.2) is 36.5 Å². The van der Waals surface area contributed by atoms with E-state index in [0.29, 0.717) is 37.8 Å². The number of ether oxygens (including phenoxy) is 2. The van der Waals surface area contributed by atoms with Gasteiger partial charge in [0.1, 0.15) is 23.7 Å². The third-order valence-corrected chi connectivity index (χ3v) is 5.23. The molecule has 3 aromatic rings. The van der Waals surface area contributed by atoms with Gasteiger partial charge in [-0.1, -0.05) is 6.07 Å². The van der Waals surface area contributed by atoms with Crippen molar-refractivity contribution in [3.05, 3.63) is 47.9 Å². The Morgan fingerprint density at radius 1 is 1.08 bits per heavy atom. The predicted octanol–water partition coefficient (Wildman–Crippen LogP) is 3.50. The zero-order valence-corrected chi connectivity index (χ0v) is 18.9. The number of halogens is 6. The number of hydrogen-bond acceptors (Lipinski definition) is 6. The first kappa shape index (κ1) is 26.2. The fraction of sp³-hybridized carbons (Fsp3) is 0.364.